The lowest BCUT2D eigenvalue weighted by atomic mass is 9.82. The Bertz CT molecular complexity index is 980. The number of benzene rings is 3. The maximum Gasteiger partial charge on any atom is 0.225 e. The van der Waals surface area contributed by atoms with Crippen molar-refractivity contribution in [1.82, 2.24) is 0 Å². The van der Waals surface area contributed by atoms with Crippen LogP contribution in [0.5, 0.6) is 11.5 Å². The van der Waals surface area contributed by atoms with Gasteiger partial charge in [0.25, 0.3) is 0 Å². The monoisotopic (exact) mass is 347 g/mol. The molecule has 0 fully saturated rings. The van der Waals surface area contributed by atoms with Gasteiger partial charge < -0.3 is 14.8 Å². The number of anilines is 1. The molecule has 3 aromatic carbocycles. The highest BCUT2D eigenvalue weighted by atomic mass is 16.5. The minimum Gasteiger partial charge on any atom is -0.493 e. The number of hydrogen-bond donors (Lipinski definition) is 1. The van der Waals surface area contributed by atoms with E-state index < -0.39 is 0 Å². The van der Waals surface area contributed by atoms with Crippen molar-refractivity contribution in [3.8, 4) is 11.5 Å². The van der Waals surface area contributed by atoms with Gasteiger partial charge in [0.1, 0.15) is 0 Å². The molecule has 1 aliphatic heterocycles. The van der Waals surface area contributed by atoms with E-state index in [0.29, 0.717) is 18.8 Å². The van der Waals surface area contributed by atoms with Crippen LogP contribution in [0.1, 0.15) is 30.4 Å². The molecule has 1 atom stereocenters. The van der Waals surface area contributed by atoms with Gasteiger partial charge in [0.05, 0.1) is 13.7 Å². The number of carbonyl (C=O) groups excluding carboxylic acids is 1. The van der Waals surface area contributed by atoms with Crippen LogP contribution in [0.3, 0.4) is 0 Å². The normalized spacial score (nSPS) is 16.1. The highest BCUT2D eigenvalue weighted by molar-refractivity contribution is 6.01. The number of methoxy groups -OCH3 is 1. The largest absolute Gasteiger partial charge is 0.493 e. The molecule has 1 unspecified atom stereocenters. The van der Waals surface area contributed by atoms with Gasteiger partial charge in [0.15, 0.2) is 11.5 Å². The Hall–Kier alpha value is -3.01. The average molecular weight is 347 g/mol. The molecule has 0 aliphatic carbocycles. The zero-order valence-corrected chi connectivity index (χ0v) is 14.9. The fourth-order valence-corrected chi connectivity index (χ4v) is 3.73. The predicted octanol–water partition coefficient (Wildman–Crippen LogP) is 4.72. The maximum atomic E-state index is 12.3. The van der Waals surface area contributed by atoms with Gasteiger partial charge in [-0.05, 0) is 47.0 Å². The molecule has 0 aromatic heterocycles. The van der Waals surface area contributed by atoms with Crippen LogP contribution in [0.2, 0.25) is 0 Å². The molecule has 1 aliphatic rings. The molecule has 26 heavy (non-hydrogen) atoms. The number of fused-ring (bicyclic) bond motifs is 3. The molecule has 3 aromatic rings. The lowest BCUT2D eigenvalue weighted by Crippen LogP contribution is -2.23. The summed E-state index contributed by atoms with van der Waals surface area (Å²) >= 11 is 0. The molecule has 4 rings (SSSR count). The molecule has 1 heterocycles. The van der Waals surface area contributed by atoms with Crippen molar-refractivity contribution in [3.05, 3.63) is 65.7 Å². The molecular weight excluding hydrogens is 326 g/mol. The van der Waals surface area contributed by atoms with Gasteiger partial charge in [0.2, 0.25) is 5.91 Å². The van der Waals surface area contributed by atoms with E-state index in [1.54, 1.807) is 7.11 Å². The predicted molar refractivity (Wildman–Crippen MR) is 103 cm³/mol. The van der Waals surface area contributed by atoms with Gasteiger partial charge in [-0.15, -0.1) is 0 Å². The second kappa shape index (κ2) is 6.71. The second-order valence-electron chi connectivity index (χ2n) is 6.40. The first-order valence-corrected chi connectivity index (χ1v) is 8.83. The van der Waals surface area contributed by atoms with Gasteiger partial charge >= 0.3 is 0 Å². The van der Waals surface area contributed by atoms with Crippen LogP contribution >= 0.6 is 0 Å². The summed E-state index contributed by atoms with van der Waals surface area (Å²) in [6.45, 7) is 2.52. The van der Waals surface area contributed by atoms with E-state index in [2.05, 4.69) is 23.5 Å². The third kappa shape index (κ3) is 2.77. The van der Waals surface area contributed by atoms with Crippen LogP contribution in [0.25, 0.3) is 10.8 Å². The number of carbonyl (C=O) groups is 1. The summed E-state index contributed by atoms with van der Waals surface area (Å²) in [7, 11) is 1.64. The Labute approximate surface area is 152 Å². The standard InChI is InChI=1S/C22H21NO3/c1-3-26-19-11-9-15(12-20(19)25-2)17-13-21(24)23-18-10-8-14-6-4-5-7-16(14)22(17)18/h4-12,17H,3,13H2,1-2H3,(H,23,24). The number of ether oxygens (including phenoxy) is 2. The second-order valence-corrected chi connectivity index (χ2v) is 6.40. The molecule has 1 N–H and O–H groups in total. The summed E-state index contributed by atoms with van der Waals surface area (Å²) in [6, 6.07) is 18.3. The summed E-state index contributed by atoms with van der Waals surface area (Å²) in [6.07, 6.45) is 0.415. The molecule has 0 saturated heterocycles. The number of amides is 1. The van der Waals surface area contributed by atoms with Crippen LogP contribution < -0.4 is 14.8 Å². The van der Waals surface area contributed by atoms with Gasteiger partial charge in [-0.3, -0.25) is 4.79 Å². The Kier molecular flexibility index (Phi) is 4.25. The van der Waals surface area contributed by atoms with E-state index in [4.69, 9.17) is 9.47 Å². The van der Waals surface area contributed by atoms with E-state index >= 15 is 0 Å². The lowest BCUT2D eigenvalue weighted by molar-refractivity contribution is -0.116. The number of nitrogens with one attached hydrogen (secondary N) is 1. The van der Waals surface area contributed by atoms with Crippen molar-refractivity contribution in [3.63, 3.8) is 0 Å². The van der Waals surface area contributed by atoms with Crippen molar-refractivity contribution < 1.29 is 14.3 Å². The molecule has 1 amide bonds. The van der Waals surface area contributed by atoms with Gasteiger partial charge in [-0.2, -0.15) is 0 Å². The minimum absolute atomic E-state index is 0.0190. The lowest BCUT2D eigenvalue weighted by Gasteiger charge is -2.28. The van der Waals surface area contributed by atoms with Gasteiger partial charge in [-0.1, -0.05) is 36.4 Å². The summed E-state index contributed by atoms with van der Waals surface area (Å²) in [4.78, 5) is 12.3. The van der Waals surface area contributed by atoms with Crippen LogP contribution in [0.4, 0.5) is 5.69 Å². The zero-order chi connectivity index (χ0) is 18.1. The van der Waals surface area contributed by atoms with Crippen LogP contribution in [0, 0.1) is 0 Å². The SMILES string of the molecule is CCOc1ccc(C2CC(=O)Nc3ccc4ccccc4c32)cc1OC. The molecule has 0 saturated carbocycles. The van der Waals surface area contributed by atoms with E-state index in [1.807, 2.05) is 43.3 Å². The highest BCUT2D eigenvalue weighted by Crippen LogP contribution is 2.43. The minimum atomic E-state index is -0.0190. The van der Waals surface area contributed by atoms with Gasteiger partial charge in [-0.25, -0.2) is 0 Å². The maximum absolute atomic E-state index is 12.3. The number of rotatable bonds is 4. The highest BCUT2D eigenvalue weighted by Gasteiger charge is 2.28. The summed E-state index contributed by atoms with van der Waals surface area (Å²) in [5, 5.41) is 5.36. The first-order chi connectivity index (χ1) is 12.7. The molecule has 132 valence electrons. The van der Waals surface area contributed by atoms with Gasteiger partial charge in [0, 0.05) is 18.0 Å². The number of hydrogen-bond acceptors (Lipinski definition) is 3. The van der Waals surface area contributed by atoms with E-state index in [0.717, 1.165) is 22.6 Å². The van der Waals surface area contributed by atoms with Crippen molar-refractivity contribution in [2.24, 2.45) is 0 Å². The molecule has 4 nitrogen and oxygen atoms in total. The molecule has 0 bridgehead atoms. The van der Waals surface area contributed by atoms with Crippen molar-refractivity contribution in [2.45, 2.75) is 19.3 Å². The fraction of sp³-hybridized carbons (Fsp3) is 0.227. The quantitative estimate of drug-likeness (QED) is 0.743. The molecule has 0 spiro atoms. The van der Waals surface area contributed by atoms with E-state index in [-0.39, 0.29) is 11.8 Å². The third-order valence-corrected chi connectivity index (χ3v) is 4.87. The smallest absolute Gasteiger partial charge is 0.225 e. The Morgan fingerprint density at radius 2 is 1.92 bits per heavy atom. The van der Waals surface area contributed by atoms with Crippen LogP contribution in [-0.4, -0.2) is 19.6 Å². The van der Waals surface area contributed by atoms with E-state index in [1.165, 1.54) is 10.8 Å². The Morgan fingerprint density at radius 3 is 2.73 bits per heavy atom. The summed E-state index contributed by atoms with van der Waals surface area (Å²) in [5.74, 6) is 1.43. The third-order valence-electron chi connectivity index (χ3n) is 4.87. The Balaban J connectivity index is 1.88. The average Bonchev–Trinajstić information content (AvgIpc) is 2.67. The molecule has 0 radical (unpaired) electrons. The van der Waals surface area contributed by atoms with E-state index in [9.17, 15) is 4.79 Å². The van der Waals surface area contributed by atoms with Crippen molar-refractivity contribution in [2.75, 3.05) is 19.0 Å². The zero-order valence-electron chi connectivity index (χ0n) is 14.9. The fourth-order valence-electron chi connectivity index (χ4n) is 3.73. The Morgan fingerprint density at radius 1 is 1.08 bits per heavy atom. The molecular formula is C22H21NO3. The first kappa shape index (κ1) is 16.5. The van der Waals surface area contributed by atoms with Crippen LogP contribution in [0.15, 0.2) is 54.6 Å². The summed E-state index contributed by atoms with van der Waals surface area (Å²) in [5.41, 5.74) is 3.10. The summed E-state index contributed by atoms with van der Waals surface area (Å²) < 4.78 is 11.1. The van der Waals surface area contributed by atoms with Crippen LogP contribution in [-0.2, 0) is 4.79 Å². The first-order valence-electron chi connectivity index (χ1n) is 8.83. The van der Waals surface area contributed by atoms with Crippen molar-refractivity contribution >= 4 is 22.4 Å². The van der Waals surface area contributed by atoms with Crippen molar-refractivity contribution in [1.29, 1.82) is 0 Å². The molecule has 4 heteroatoms. The topological polar surface area (TPSA) is 47.6 Å².